The number of halogens is 1. The SMILES string of the molecule is Cc1n[nH]c(C)c1N1CC(Br)CC1=O. The van der Waals surface area contributed by atoms with Gasteiger partial charge in [0, 0.05) is 17.8 Å². The second-order valence-electron chi connectivity index (χ2n) is 3.59. The van der Waals surface area contributed by atoms with E-state index in [1.165, 1.54) is 0 Å². The molecule has 5 heteroatoms. The van der Waals surface area contributed by atoms with Crippen LogP contribution in [-0.2, 0) is 4.79 Å². The van der Waals surface area contributed by atoms with E-state index in [2.05, 4.69) is 26.1 Å². The number of aromatic amines is 1. The summed E-state index contributed by atoms with van der Waals surface area (Å²) in [5, 5.41) is 6.98. The third-order valence-electron chi connectivity index (χ3n) is 2.44. The molecule has 1 saturated heterocycles. The van der Waals surface area contributed by atoms with E-state index in [0.717, 1.165) is 23.6 Å². The van der Waals surface area contributed by atoms with Gasteiger partial charge < -0.3 is 4.90 Å². The van der Waals surface area contributed by atoms with Crippen LogP contribution in [0.2, 0.25) is 0 Å². The molecule has 1 amide bonds. The van der Waals surface area contributed by atoms with E-state index in [-0.39, 0.29) is 10.7 Å². The van der Waals surface area contributed by atoms with E-state index in [1.54, 1.807) is 4.90 Å². The molecule has 2 rings (SSSR count). The van der Waals surface area contributed by atoms with E-state index in [4.69, 9.17) is 0 Å². The predicted molar refractivity (Wildman–Crippen MR) is 57.7 cm³/mol. The van der Waals surface area contributed by atoms with Gasteiger partial charge in [0.05, 0.1) is 17.1 Å². The molecule has 0 aromatic carbocycles. The van der Waals surface area contributed by atoms with E-state index in [1.807, 2.05) is 13.8 Å². The molecule has 1 fully saturated rings. The van der Waals surface area contributed by atoms with Crippen LogP contribution in [0.15, 0.2) is 0 Å². The Morgan fingerprint density at radius 2 is 2.29 bits per heavy atom. The Morgan fingerprint density at radius 3 is 2.71 bits per heavy atom. The number of nitrogens with one attached hydrogen (secondary N) is 1. The molecular formula is C9H12BrN3O. The van der Waals surface area contributed by atoms with Gasteiger partial charge in [-0.2, -0.15) is 5.10 Å². The molecule has 1 atom stereocenters. The van der Waals surface area contributed by atoms with Crippen molar-refractivity contribution in [1.29, 1.82) is 0 Å². The minimum Gasteiger partial charge on any atom is -0.308 e. The summed E-state index contributed by atoms with van der Waals surface area (Å²) < 4.78 is 0. The second kappa shape index (κ2) is 3.38. The van der Waals surface area contributed by atoms with Crippen molar-refractivity contribution in [3.05, 3.63) is 11.4 Å². The van der Waals surface area contributed by atoms with E-state index in [0.29, 0.717) is 6.42 Å². The zero-order valence-electron chi connectivity index (χ0n) is 8.17. The van der Waals surface area contributed by atoms with Gasteiger partial charge in [-0.25, -0.2) is 0 Å². The molecule has 4 nitrogen and oxygen atoms in total. The maximum absolute atomic E-state index is 11.6. The van der Waals surface area contributed by atoms with Crippen molar-refractivity contribution in [3.8, 4) is 0 Å². The Morgan fingerprint density at radius 1 is 1.57 bits per heavy atom. The molecular weight excluding hydrogens is 246 g/mol. The molecule has 0 aliphatic carbocycles. The summed E-state index contributed by atoms with van der Waals surface area (Å²) in [6.45, 7) is 4.58. The Bertz CT molecular complexity index is 355. The van der Waals surface area contributed by atoms with Crippen molar-refractivity contribution in [2.45, 2.75) is 25.1 Å². The van der Waals surface area contributed by atoms with Crippen molar-refractivity contribution in [2.24, 2.45) is 0 Å². The topological polar surface area (TPSA) is 49.0 Å². The highest BCUT2D eigenvalue weighted by Crippen LogP contribution is 2.29. The Hall–Kier alpha value is -0.840. The van der Waals surface area contributed by atoms with Crippen LogP contribution in [0.1, 0.15) is 17.8 Å². The summed E-state index contributed by atoms with van der Waals surface area (Å²) >= 11 is 3.46. The molecule has 0 radical (unpaired) electrons. The smallest absolute Gasteiger partial charge is 0.228 e. The van der Waals surface area contributed by atoms with Gasteiger partial charge in [-0.15, -0.1) is 0 Å². The quantitative estimate of drug-likeness (QED) is 0.776. The van der Waals surface area contributed by atoms with Gasteiger partial charge in [-0.1, -0.05) is 15.9 Å². The third-order valence-corrected chi connectivity index (χ3v) is 3.05. The number of rotatable bonds is 1. The summed E-state index contributed by atoms with van der Waals surface area (Å²) in [4.78, 5) is 13.7. The van der Waals surface area contributed by atoms with Crippen LogP contribution in [0.5, 0.6) is 0 Å². The Balaban J connectivity index is 2.36. The monoisotopic (exact) mass is 257 g/mol. The number of hydrogen-bond acceptors (Lipinski definition) is 2. The standard InChI is InChI=1S/C9H12BrN3O/c1-5-9(6(2)12-11-5)13-4-7(10)3-8(13)14/h7H,3-4H2,1-2H3,(H,11,12). The van der Waals surface area contributed by atoms with Crippen molar-refractivity contribution >= 4 is 27.5 Å². The molecule has 0 spiro atoms. The van der Waals surface area contributed by atoms with Gasteiger partial charge in [0.2, 0.25) is 5.91 Å². The van der Waals surface area contributed by atoms with Crippen molar-refractivity contribution < 1.29 is 4.79 Å². The number of amides is 1. The molecule has 1 aliphatic heterocycles. The maximum Gasteiger partial charge on any atom is 0.228 e. The number of H-pyrrole nitrogens is 1. The van der Waals surface area contributed by atoms with Crippen LogP contribution < -0.4 is 4.90 Å². The molecule has 1 aromatic heterocycles. The number of alkyl halides is 1. The minimum atomic E-state index is 0.166. The summed E-state index contributed by atoms with van der Waals surface area (Å²) in [6.07, 6.45) is 0.573. The number of nitrogens with zero attached hydrogens (tertiary/aromatic N) is 2. The highest BCUT2D eigenvalue weighted by atomic mass is 79.9. The summed E-state index contributed by atoms with van der Waals surface area (Å²) in [5.74, 6) is 0.166. The number of aryl methyl sites for hydroxylation is 2. The van der Waals surface area contributed by atoms with Gasteiger partial charge in [0.25, 0.3) is 0 Å². The molecule has 76 valence electrons. The van der Waals surface area contributed by atoms with Crippen LogP contribution in [0.4, 0.5) is 5.69 Å². The number of carbonyl (C=O) groups is 1. The average molecular weight is 258 g/mol. The fraction of sp³-hybridized carbons (Fsp3) is 0.556. The minimum absolute atomic E-state index is 0.166. The second-order valence-corrected chi connectivity index (χ2v) is 4.88. The van der Waals surface area contributed by atoms with E-state index >= 15 is 0 Å². The first-order valence-electron chi connectivity index (χ1n) is 4.55. The molecule has 14 heavy (non-hydrogen) atoms. The normalized spacial score (nSPS) is 22.1. The van der Waals surface area contributed by atoms with Crippen molar-refractivity contribution in [3.63, 3.8) is 0 Å². The average Bonchev–Trinajstić information content (AvgIpc) is 2.57. The molecule has 1 aliphatic rings. The number of anilines is 1. The summed E-state index contributed by atoms with van der Waals surface area (Å²) in [5.41, 5.74) is 2.78. The fourth-order valence-electron chi connectivity index (χ4n) is 1.82. The molecule has 1 unspecified atom stereocenters. The lowest BCUT2D eigenvalue weighted by Gasteiger charge is -2.15. The first-order chi connectivity index (χ1) is 6.59. The zero-order valence-corrected chi connectivity index (χ0v) is 9.76. The molecule has 0 saturated carbocycles. The largest absolute Gasteiger partial charge is 0.308 e. The van der Waals surface area contributed by atoms with Gasteiger partial charge in [0.15, 0.2) is 0 Å². The summed E-state index contributed by atoms with van der Waals surface area (Å²) in [7, 11) is 0. The van der Waals surface area contributed by atoms with Gasteiger partial charge in [-0.05, 0) is 13.8 Å². The number of aromatic nitrogens is 2. The van der Waals surface area contributed by atoms with Gasteiger partial charge >= 0.3 is 0 Å². The van der Waals surface area contributed by atoms with Crippen LogP contribution in [0.3, 0.4) is 0 Å². The maximum atomic E-state index is 11.6. The third kappa shape index (κ3) is 1.45. The first-order valence-corrected chi connectivity index (χ1v) is 5.47. The van der Waals surface area contributed by atoms with E-state index < -0.39 is 0 Å². The first kappa shape index (κ1) is 9.71. The fourth-order valence-corrected chi connectivity index (χ4v) is 2.39. The van der Waals surface area contributed by atoms with E-state index in [9.17, 15) is 4.79 Å². The van der Waals surface area contributed by atoms with Crippen molar-refractivity contribution in [1.82, 2.24) is 10.2 Å². The van der Waals surface area contributed by atoms with Crippen LogP contribution in [0, 0.1) is 13.8 Å². The summed E-state index contributed by atoms with van der Waals surface area (Å²) in [6, 6.07) is 0. The lowest BCUT2D eigenvalue weighted by molar-refractivity contribution is -0.117. The van der Waals surface area contributed by atoms with Crippen LogP contribution in [-0.4, -0.2) is 27.5 Å². The number of carbonyl (C=O) groups excluding carboxylic acids is 1. The van der Waals surface area contributed by atoms with Crippen LogP contribution >= 0.6 is 15.9 Å². The molecule has 1 aromatic rings. The lowest BCUT2D eigenvalue weighted by atomic mass is 10.3. The highest BCUT2D eigenvalue weighted by molar-refractivity contribution is 9.09. The van der Waals surface area contributed by atoms with Gasteiger partial charge in [0.1, 0.15) is 0 Å². The zero-order chi connectivity index (χ0) is 10.3. The number of hydrogen-bond donors (Lipinski definition) is 1. The molecule has 0 bridgehead atoms. The Labute approximate surface area is 90.8 Å². The van der Waals surface area contributed by atoms with Gasteiger partial charge in [-0.3, -0.25) is 9.89 Å². The highest BCUT2D eigenvalue weighted by Gasteiger charge is 2.31. The van der Waals surface area contributed by atoms with Crippen LogP contribution in [0.25, 0.3) is 0 Å². The molecule has 1 N–H and O–H groups in total. The predicted octanol–water partition coefficient (Wildman–Crippen LogP) is 1.53. The molecule has 2 heterocycles. The Kier molecular flexibility index (Phi) is 2.34. The lowest BCUT2D eigenvalue weighted by Crippen LogP contribution is -2.25. The van der Waals surface area contributed by atoms with Crippen molar-refractivity contribution in [2.75, 3.05) is 11.4 Å².